The van der Waals surface area contributed by atoms with Crippen molar-refractivity contribution >= 4 is 5.91 Å². The number of piperazine rings is 1. The lowest BCUT2D eigenvalue weighted by Gasteiger charge is -2.26. The molecule has 1 aliphatic carbocycles. The van der Waals surface area contributed by atoms with E-state index in [-0.39, 0.29) is 5.91 Å². The Bertz CT molecular complexity index is 741. The number of amides is 1. The Morgan fingerprint density at radius 3 is 2.62 bits per heavy atom. The van der Waals surface area contributed by atoms with Crippen molar-refractivity contribution in [2.45, 2.75) is 32.6 Å². The van der Waals surface area contributed by atoms with E-state index >= 15 is 0 Å². The lowest BCUT2D eigenvalue weighted by molar-refractivity contribution is 0.0728. The molecule has 1 saturated heterocycles. The Morgan fingerprint density at radius 2 is 1.92 bits per heavy atom. The maximum Gasteiger partial charge on any atom is 0.274 e. The van der Waals surface area contributed by atoms with Gasteiger partial charge in [0.15, 0.2) is 5.69 Å². The van der Waals surface area contributed by atoms with Crippen LogP contribution in [0.15, 0.2) is 24.3 Å². The summed E-state index contributed by atoms with van der Waals surface area (Å²) < 4.78 is 2.00. The molecule has 2 aromatic rings. The third-order valence-corrected chi connectivity index (χ3v) is 5.13. The van der Waals surface area contributed by atoms with Crippen molar-refractivity contribution < 1.29 is 4.79 Å². The zero-order chi connectivity index (χ0) is 16.5. The summed E-state index contributed by atoms with van der Waals surface area (Å²) in [5.74, 6) is 0.0959. The minimum atomic E-state index is 0.0959. The normalized spacial score (nSPS) is 17.1. The Morgan fingerprint density at radius 1 is 1.17 bits per heavy atom. The number of hydrogen-bond acceptors (Lipinski definition) is 3. The fourth-order valence-corrected chi connectivity index (χ4v) is 3.71. The lowest BCUT2D eigenvalue weighted by atomic mass is 10.1. The van der Waals surface area contributed by atoms with Gasteiger partial charge < -0.3 is 10.2 Å². The second kappa shape index (κ2) is 6.40. The Labute approximate surface area is 142 Å². The largest absolute Gasteiger partial charge is 0.335 e. The van der Waals surface area contributed by atoms with Crippen LogP contribution in [0, 0.1) is 0 Å². The summed E-state index contributed by atoms with van der Waals surface area (Å²) in [6.07, 6.45) is 4.12. The van der Waals surface area contributed by atoms with Gasteiger partial charge in [-0.15, -0.1) is 0 Å². The zero-order valence-corrected chi connectivity index (χ0v) is 14.2. The number of fused-ring (bicyclic) bond motifs is 1. The Hall–Kier alpha value is -2.14. The van der Waals surface area contributed by atoms with Gasteiger partial charge in [-0.1, -0.05) is 19.1 Å². The second-order valence-electron chi connectivity index (χ2n) is 6.60. The highest BCUT2D eigenvalue weighted by Crippen LogP contribution is 2.28. The van der Waals surface area contributed by atoms with Gasteiger partial charge in [0, 0.05) is 37.4 Å². The van der Waals surface area contributed by atoms with Gasteiger partial charge in [0.25, 0.3) is 5.91 Å². The summed E-state index contributed by atoms with van der Waals surface area (Å²) in [6.45, 7) is 5.43. The molecular formula is C19H24N4O. The summed E-state index contributed by atoms with van der Waals surface area (Å²) in [7, 11) is 0. The molecule has 1 fully saturated rings. The van der Waals surface area contributed by atoms with Gasteiger partial charge in [-0.3, -0.25) is 4.79 Å². The van der Waals surface area contributed by atoms with Crippen LogP contribution in [0.4, 0.5) is 0 Å². The molecule has 0 saturated carbocycles. The van der Waals surface area contributed by atoms with Crippen molar-refractivity contribution in [1.82, 2.24) is 20.0 Å². The Balaban J connectivity index is 1.70. The van der Waals surface area contributed by atoms with Gasteiger partial charge in [-0.25, -0.2) is 4.68 Å². The van der Waals surface area contributed by atoms with Crippen molar-refractivity contribution in [3.8, 4) is 5.69 Å². The number of aryl methyl sites for hydroxylation is 1. The van der Waals surface area contributed by atoms with Crippen LogP contribution >= 0.6 is 0 Å². The van der Waals surface area contributed by atoms with Gasteiger partial charge in [-0.05, 0) is 43.4 Å². The van der Waals surface area contributed by atoms with Crippen LogP contribution in [0.1, 0.15) is 40.7 Å². The molecule has 1 amide bonds. The van der Waals surface area contributed by atoms with Gasteiger partial charge in [0.1, 0.15) is 0 Å². The third kappa shape index (κ3) is 2.63. The van der Waals surface area contributed by atoms with Gasteiger partial charge in [-0.2, -0.15) is 5.10 Å². The molecule has 0 spiro atoms. The second-order valence-corrected chi connectivity index (χ2v) is 6.60. The van der Waals surface area contributed by atoms with E-state index in [4.69, 9.17) is 5.10 Å². The number of hydrogen-bond donors (Lipinski definition) is 1. The van der Waals surface area contributed by atoms with Gasteiger partial charge in [0.05, 0.1) is 5.69 Å². The number of aromatic nitrogens is 2. The first-order valence-electron chi connectivity index (χ1n) is 8.98. The van der Waals surface area contributed by atoms with Crippen molar-refractivity contribution in [3.63, 3.8) is 0 Å². The molecule has 1 aromatic carbocycles. The van der Waals surface area contributed by atoms with E-state index in [0.29, 0.717) is 5.69 Å². The van der Waals surface area contributed by atoms with E-state index in [1.54, 1.807) is 0 Å². The zero-order valence-electron chi connectivity index (χ0n) is 14.2. The monoisotopic (exact) mass is 324 g/mol. The van der Waals surface area contributed by atoms with Crippen LogP contribution in [-0.4, -0.2) is 46.8 Å². The minimum absolute atomic E-state index is 0.0959. The van der Waals surface area contributed by atoms with E-state index in [0.717, 1.165) is 63.1 Å². The van der Waals surface area contributed by atoms with Crippen LogP contribution < -0.4 is 5.32 Å². The molecular weight excluding hydrogens is 300 g/mol. The fourth-order valence-electron chi connectivity index (χ4n) is 3.71. The van der Waals surface area contributed by atoms with Crippen molar-refractivity contribution in [2.24, 2.45) is 0 Å². The number of benzene rings is 1. The summed E-state index contributed by atoms with van der Waals surface area (Å²) >= 11 is 0. The minimum Gasteiger partial charge on any atom is -0.335 e. The number of rotatable bonds is 3. The van der Waals surface area contributed by atoms with Crippen LogP contribution in [0.2, 0.25) is 0 Å². The summed E-state index contributed by atoms with van der Waals surface area (Å²) in [4.78, 5) is 14.9. The highest BCUT2D eigenvalue weighted by Gasteiger charge is 2.29. The average molecular weight is 324 g/mol. The maximum atomic E-state index is 12.9. The van der Waals surface area contributed by atoms with E-state index in [1.807, 2.05) is 9.58 Å². The van der Waals surface area contributed by atoms with Crippen LogP contribution in [0.25, 0.3) is 5.69 Å². The van der Waals surface area contributed by atoms with Crippen LogP contribution in [-0.2, 0) is 19.3 Å². The molecule has 1 N–H and O–H groups in total. The standard InChI is InChI=1S/C19H24N4O/c1-2-14-6-8-15(9-7-14)23-17-5-3-4-16(17)18(21-23)19(24)22-12-10-20-11-13-22/h6-9,20H,2-5,10-13H2,1H3. The smallest absolute Gasteiger partial charge is 0.274 e. The SMILES string of the molecule is CCc1ccc(-n2nc(C(=O)N3CCNCC3)c3c2CCC3)cc1. The molecule has 0 radical (unpaired) electrons. The van der Waals surface area contributed by atoms with Crippen LogP contribution in [0.5, 0.6) is 0 Å². The predicted octanol–water partition coefficient (Wildman–Crippen LogP) is 1.97. The summed E-state index contributed by atoms with van der Waals surface area (Å²) in [5, 5.41) is 8.03. The molecule has 2 aliphatic rings. The fraction of sp³-hybridized carbons (Fsp3) is 0.474. The highest BCUT2D eigenvalue weighted by molar-refractivity contribution is 5.94. The third-order valence-electron chi connectivity index (χ3n) is 5.13. The topological polar surface area (TPSA) is 50.2 Å². The van der Waals surface area contributed by atoms with Crippen molar-refractivity contribution in [2.75, 3.05) is 26.2 Å². The summed E-state index contributed by atoms with van der Waals surface area (Å²) in [6, 6.07) is 8.53. The highest BCUT2D eigenvalue weighted by atomic mass is 16.2. The lowest BCUT2D eigenvalue weighted by Crippen LogP contribution is -2.46. The molecule has 0 bridgehead atoms. The first-order valence-corrected chi connectivity index (χ1v) is 8.98. The molecule has 1 aromatic heterocycles. The molecule has 5 heteroatoms. The number of carbonyl (C=O) groups excluding carboxylic acids is 1. The molecule has 126 valence electrons. The molecule has 0 atom stereocenters. The van der Waals surface area contributed by atoms with E-state index in [1.165, 1.54) is 11.3 Å². The maximum absolute atomic E-state index is 12.9. The first-order chi connectivity index (χ1) is 11.8. The number of nitrogens with zero attached hydrogens (tertiary/aromatic N) is 3. The molecule has 4 rings (SSSR count). The summed E-state index contributed by atoms with van der Waals surface area (Å²) in [5.41, 5.74) is 5.43. The van der Waals surface area contributed by atoms with E-state index in [2.05, 4.69) is 36.5 Å². The van der Waals surface area contributed by atoms with E-state index < -0.39 is 0 Å². The quantitative estimate of drug-likeness (QED) is 0.939. The van der Waals surface area contributed by atoms with Gasteiger partial charge in [0.2, 0.25) is 0 Å². The molecule has 2 heterocycles. The predicted molar refractivity (Wildman–Crippen MR) is 93.7 cm³/mol. The molecule has 1 aliphatic heterocycles. The number of carbonyl (C=O) groups is 1. The molecule has 5 nitrogen and oxygen atoms in total. The van der Waals surface area contributed by atoms with Crippen LogP contribution in [0.3, 0.4) is 0 Å². The first kappa shape index (κ1) is 15.4. The molecule has 24 heavy (non-hydrogen) atoms. The van der Waals surface area contributed by atoms with E-state index in [9.17, 15) is 4.79 Å². The average Bonchev–Trinajstić information content (AvgIpc) is 3.24. The van der Waals surface area contributed by atoms with Crippen molar-refractivity contribution in [1.29, 1.82) is 0 Å². The van der Waals surface area contributed by atoms with Gasteiger partial charge >= 0.3 is 0 Å². The number of nitrogens with one attached hydrogen (secondary N) is 1. The van der Waals surface area contributed by atoms with Crippen molar-refractivity contribution in [3.05, 3.63) is 46.8 Å². The molecule has 0 unspecified atom stereocenters. The Kier molecular flexibility index (Phi) is 4.10.